The van der Waals surface area contributed by atoms with Crippen molar-refractivity contribution in [3.05, 3.63) is 11.6 Å². The molecule has 5 N–H and O–H groups in total. The molecule has 1 aliphatic carbocycles. The lowest BCUT2D eigenvalue weighted by molar-refractivity contribution is 0.542. The van der Waals surface area contributed by atoms with Gasteiger partial charge in [0.25, 0.3) is 0 Å². The molecule has 12 heavy (non-hydrogen) atoms. The van der Waals surface area contributed by atoms with Crippen molar-refractivity contribution in [3.63, 3.8) is 0 Å². The average molecular weight is 172 g/mol. The molecule has 4 nitrogen and oxygen atoms in total. The van der Waals surface area contributed by atoms with Crippen LogP contribution in [0.5, 0.6) is 0 Å². The van der Waals surface area contributed by atoms with E-state index >= 15 is 0 Å². The lowest BCUT2D eigenvalue weighted by Crippen LogP contribution is -2.36. The van der Waals surface area contributed by atoms with E-state index in [0.29, 0.717) is 12.1 Å². The molecular weight excluding hydrogens is 159 g/mol. The molecular formula is C7H13FN4. The monoisotopic (exact) mass is 172 g/mol. The van der Waals surface area contributed by atoms with Gasteiger partial charge in [-0.15, -0.1) is 0 Å². The van der Waals surface area contributed by atoms with Gasteiger partial charge in [-0.3, -0.25) is 0 Å². The highest BCUT2D eigenvalue weighted by atomic mass is 19.1. The first kappa shape index (κ1) is 8.99. The maximum absolute atomic E-state index is 12.5. The first-order valence-corrected chi connectivity index (χ1v) is 3.88. The summed E-state index contributed by atoms with van der Waals surface area (Å²) in [6.07, 6.45) is 3.03. The molecule has 68 valence electrons. The maximum atomic E-state index is 12.5. The standard InChI is InChI=1S/C7H13FN4/c8-6(3-9)7(10)12-11-4-5-1-2-5/h3,5,9,11-12H,1-2,4,10H2/b7-6-,9-3?. The molecule has 0 atom stereocenters. The van der Waals surface area contributed by atoms with Gasteiger partial charge in [0.1, 0.15) is 5.82 Å². The van der Waals surface area contributed by atoms with Crippen molar-refractivity contribution < 1.29 is 4.39 Å². The van der Waals surface area contributed by atoms with Crippen molar-refractivity contribution in [2.45, 2.75) is 12.8 Å². The summed E-state index contributed by atoms with van der Waals surface area (Å²) in [7, 11) is 0. The molecule has 0 spiro atoms. The Balaban J connectivity index is 2.15. The van der Waals surface area contributed by atoms with Gasteiger partial charge >= 0.3 is 0 Å². The van der Waals surface area contributed by atoms with Gasteiger partial charge in [0.15, 0.2) is 5.83 Å². The van der Waals surface area contributed by atoms with E-state index in [1.165, 1.54) is 12.8 Å². The Morgan fingerprint density at radius 1 is 1.67 bits per heavy atom. The van der Waals surface area contributed by atoms with E-state index in [9.17, 15) is 4.39 Å². The quantitative estimate of drug-likeness (QED) is 0.354. The van der Waals surface area contributed by atoms with Crippen molar-refractivity contribution in [2.24, 2.45) is 11.7 Å². The number of allylic oxidation sites excluding steroid dienone is 1. The van der Waals surface area contributed by atoms with Crippen molar-refractivity contribution in [3.8, 4) is 0 Å². The Morgan fingerprint density at radius 2 is 2.33 bits per heavy atom. The molecule has 0 radical (unpaired) electrons. The zero-order valence-corrected chi connectivity index (χ0v) is 6.73. The molecule has 0 aromatic rings. The first-order chi connectivity index (χ1) is 5.74. The van der Waals surface area contributed by atoms with Crippen LogP contribution in [0.25, 0.3) is 0 Å². The first-order valence-electron chi connectivity index (χ1n) is 3.88. The van der Waals surface area contributed by atoms with Gasteiger partial charge in [0, 0.05) is 6.54 Å². The molecule has 0 heterocycles. The van der Waals surface area contributed by atoms with E-state index < -0.39 is 5.83 Å². The number of rotatable bonds is 5. The fourth-order valence-electron chi connectivity index (χ4n) is 0.750. The summed E-state index contributed by atoms with van der Waals surface area (Å²) in [5.41, 5.74) is 10.5. The average Bonchev–Trinajstić information content (AvgIpc) is 2.86. The van der Waals surface area contributed by atoms with E-state index in [-0.39, 0.29) is 5.82 Å². The fourth-order valence-corrected chi connectivity index (χ4v) is 0.750. The summed E-state index contributed by atoms with van der Waals surface area (Å²) in [5, 5.41) is 6.57. The summed E-state index contributed by atoms with van der Waals surface area (Å²) in [4.78, 5) is 0. The number of hydrazine groups is 1. The summed E-state index contributed by atoms with van der Waals surface area (Å²) in [6, 6.07) is 0. The molecule has 0 aromatic heterocycles. The second-order valence-electron chi connectivity index (χ2n) is 2.86. The number of hydrogen-bond donors (Lipinski definition) is 4. The second-order valence-corrected chi connectivity index (χ2v) is 2.86. The van der Waals surface area contributed by atoms with Crippen molar-refractivity contribution >= 4 is 6.21 Å². The van der Waals surface area contributed by atoms with Crippen LogP contribution < -0.4 is 16.6 Å². The predicted octanol–water partition coefficient (Wildman–Crippen LogP) is 0.237. The van der Waals surface area contributed by atoms with Crippen LogP contribution >= 0.6 is 0 Å². The third-order valence-corrected chi connectivity index (χ3v) is 1.69. The minimum absolute atomic E-state index is 0.134. The van der Waals surface area contributed by atoms with Gasteiger partial charge in [0.2, 0.25) is 0 Å². The van der Waals surface area contributed by atoms with E-state index in [2.05, 4.69) is 10.9 Å². The highest BCUT2D eigenvalue weighted by Crippen LogP contribution is 2.27. The Bertz CT molecular complexity index is 198. The normalized spacial score (nSPS) is 18.4. The molecule has 1 saturated carbocycles. The Labute approximate surface area is 70.5 Å². The lowest BCUT2D eigenvalue weighted by Gasteiger charge is -2.06. The summed E-state index contributed by atoms with van der Waals surface area (Å²) in [5.74, 6) is -0.183. The molecule has 0 bridgehead atoms. The largest absolute Gasteiger partial charge is 0.382 e. The zero-order chi connectivity index (χ0) is 8.97. The van der Waals surface area contributed by atoms with Crippen LogP contribution in [0.2, 0.25) is 0 Å². The van der Waals surface area contributed by atoms with Crippen LogP contribution in [-0.2, 0) is 0 Å². The molecule has 1 fully saturated rings. The Kier molecular flexibility index (Phi) is 3.04. The molecule has 0 saturated heterocycles. The van der Waals surface area contributed by atoms with E-state index in [1.807, 2.05) is 0 Å². The SMILES string of the molecule is N=C/C(F)=C(\N)NNCC1CC1. The summed E-state index contributed by atoms with van der Waals surface area (Å²) in [6.45, 7) is 0.798. The van der Waals surface area contributed by atoms with Crippen molar-refractivity contribution in [1.29, 1.82) is 5.41 Å². The molecule has 1 rings (SSSR count). The Hall–Kier alpha value is -1.10. The maximum Gasteiger partial charge on any atom is 0.181 e. The minimum atomic E-state index is -0.752. The number of nitrogens with two attached hydrogens (primary N) is 1. The second kappa shape index (κ2) is 4.06. The van der Waals surface area contributed by atoms with E-state index in [4.69, 9.17) is 11.1 Å². The van der Waals surface area contributed by atoms with Gasteiger partial charge in [-0.05, 0) is 18.8 Å². The van der Waals surface area contributed by atoms with E-state index in [0.717, 1.165) is 6.54 Å². The van der Waals surface area contributed by atoms with Crippen LogP contribution in [0.4, 0.5) is 4.39 Å². The highest BCUT2D eigenvalue weighted by molar-refractivity contribution is 5.73. The summed E-state index contributed by atoms with van der Waals surface area (Å²) < 4.78 is 12.5. The molecule has 5 heteroatoms. The van der Waals surface area contributed by atoms with Crippen LogP contribution in [-0.4, -0.2) is 12.8 Å². The van der Waals surface area contributed by atoms with Gasteiger partial charge in [-0.1, -0.05) is 0 Å². The van der Waals surface area contributed by atoms with Crippen LogP contribution in [0, 0.1) is 11.3 Å². The van der Waals surface area contributed by atoms with Crippen LogP contribution in [0.15, 0.2) is 11.6 Å². The number of halogens is 1. The van der Waals surface area contributed by atoms with Crippen LogP contribution in [0.3, 0.4) is 0 Å². The number of hydrogen-bond acceptors (Lipinski definition) is 4. The van der Waals surface area contributed by atoms with E-state index in [1.54, 1.807) is 0 Å². The van der Waals surface area contributed by atoms with Gasteiger partial charge in [-0.25, -0.2) is 9.82 Å². The third-order valence-electron chi connectivity index (χ3n) is 1.69. The lowest BCUT2D eigenvalue weighted by atomic mass is 10.4. The van der Waals surface area contributed by atoms with Crippen molar-refractivity contribution in [2.75, 3.05) is 6.54 Å². The molecule has 1 aliphatic rings. The topological polar surface area (TPSA) is 73.9 Å². The Morgan fingerprint density at radius 3 is 2.83 bits per heavy atom. The van der Waals surface area contributed by atoms with Gasteiger partial charge in [-0.2, -0.15) is 0 Å². The molecule has 0 amide bonds. The third kappa shape index (κ3) is 2.87. The summed E-state index contributed by atoms with van der Waals surface area (Å²) >= 11 is 0. The zero-order valence-electron chi connectivity index (χ0n) is 6.73. The van der Waals surface area contributed by atoms with Crippen molar-refractivity contribution in [1.82, 2.24) is 10.9 Å². The molecule has 0 aromatic carbocycles. The highest BCUT2D eigenvalue weighted by Gasteiger charge is 2.20. The van der Waals surface area contributed by atoms with Gasteiger partial charge in [0.05, 0.1) is 6.21 Å². The molecule has 0 aliphatic heterocycles. The number of nitrogens with one attached hydrogen (secondary N) is 3. The predicted molar refractivity (Wildman–Crippen MR) is 45.0 cm³/mol. The minimum Gasteiger partial charge on any atom is -0.382 e. The molecule has 0 unspecified atom stereocenters. The fraction of sp³-hybridized carbons (Fsp3) is 0.571. The van der Waals surface area contributed by atoms with Gasteiger partial charge < -0.3 is 16.6 Å². The smallest absolute Gasteiger partial charge is 0.181 e. The van der Waals surface area contributed by atoms with Crippen LogP contribution in [0.1, 0.15) is 12.8 Å².